The molecule has 0 aromatic rings. The van der Waals surface area contributed by atoms with E-state index in [4.69, 9.17) is 18.9 Å². The fraction of sp³-hybridized carbons (Fsp3) is 0.875. The first-order chi connectivity index (χ1) is 16.3. The first-order valence-corrected chi connectivity index (χ1v) is 13.0. The Morgan fingerprint density at radius 1 is 0.743 bits per heavy atom. The predicted octanol–water partition coefficient (Wildman–Crippen LogP) is 2.44. The highest BCUT2D eigenvalue weighted by molar-refractivity contribution is 8.01. The second-order valence-electron chi connectivity index (χ2n) is 10.1. The zero-order valence-corrected chi connectivity index (χ0v) is 23.1. The van der Waals surface area contributed by atoms with Crippen molar-refractivity contribution in [1.29, 1.82) is 0 Å². The fourth-order valence-electron chi connectivity index (χ4n) is 2.48. The molecule has 0 aliphatic carbocycles. The lowest BCUT2D eigenvalue weighted by Crippen LogP contribution is -2.41. The van der Waals surface area contributed by atoms with E-state index in [2.05, 4.69) is 31.4 Å². The quantitative estimate of drug-likeness (QED) is 0.163. The van der Waals surface area contributed by atoms with Gasteiger partial charge < -0.3 is 34.7 Å². The Morgan fingerprint density at radius 2 is 1.23 bits per heavy atom. The van der Waals surface area contributed by atoms with E-state index in [0.29, 0.717) is 59.2 Å². The Morgan fingerprint density at radius 3 is 1.69 bits per heavy atom. The molecule has 206 valence electrons. The van der Waals surface area contributed by atoms with E-state index >= 15 is 0 Å². The van der Waals surface area contributed by atoms with Gasteiger partial charge in [0.2, 0.25) is 11.8 Å². The highest BCUT2D eigenvalue weighted by atomic mass is 32.2. The van der Waals surface area contributed by atoms with E-state index in [1.807, 2.05) is 20.8 Å². The van der Waals surface area contributed by atoms with Gasteiger partial charge in [-0.2, -0.15) is 0 Å². The molecule has 0 saturated carbocycles. The summed E-state index contributed by atoms with van der Waals surface area (Å²) < 4.78 is 21.3. The summed E-state index contributed by atoms with van der Waals surface area (Å²) in [6.07, 6.45) is 1.46. The van der Waals surface area contributed by atoms with Gasteiger partial charge in [-0.1, -0.05) is 41.5 Å². The van der Waals surface area contributed by atoms with E-state index in [9.17, 15) is 19.5 Å². The molecular weight excluding hydrogens is 476 g/mol. The summed E-state index contributed by atoms with van der Waals surface area (Å²) in [4.78, 5) is 34.9. The van der Waals surface area contributed by atoms with Gasteiger partial charge in [0, 0.05) is 17.7 Å². The summed E-state index contributed by atoms with van der Waals surface area (Å²) in [7, 11) is 0. The number of carbonyl (C=O) groups is 3. The van der Waals surface area contributed by atoms with Crippen LogP contribution in [0, 0.1) is 5.41 Å². The van der Waals surface area contributed by atoms with Gasteiger partial charge in [0.15, 0.2) is 5.37 Å². The molecule has 0 rings (SSSR count). The van der Waals surface area contributed by atoms with Crippen LogP contribution in [-0.2, 0) is 33.3 Å². The minimum Gasteiger partial charge on any atom is -0.479 e. The number of hydrogen-bond donors (Lipinski definition) is 3. The molecule has 3 N–H and O–H groups in total. The Labute approximate surface area is 214 Å². The van der Waals surface area contributed by atoms with Crippen molar-refractivity contribution in [2.45, 2.75) is 70.9 Å². The largest absolute Gasteiger partial charge is 0.479 e. The molecule has 0 aliphatic heterocycles. The minimum atomic E-state index is -1.07. The zero-order valence-electron chi connectivity index (χ0n) is 22.3. The monoisotopic (exact) mass is 522 g/mol. The van der Waals surface area contributed by atoms with Gasteiger partial charge >= 0.3 is 5.97 Å². The molecule has 1 atom stereocenters. The van der Waals surface area contributed by atoms with Crippen LogP contribution in [-0.4, -0.2) is 92.4 Å². The molecule has 0 bridgehead atoms. The average molecular weight is 523 g/mol. The molecule has 0 fully saturated rings. The van der Waals surface area contributed by atoms with Crippen molar-refractivity contribution in [3.05, 3.63) is 0 Å². The summed E-state index contributed by atoms with van der Waals surface area (Å²) in [5, 5.41) is 13.6. The molecule has 0 heterocycles. The Hall–Kier alpha value is -1.40. The maximum Gasteiger partial charge on any atom is 0.336 e. The lowest BCUT2D eigenvalue weighted by molar-refractivity contribution is -0.139. The van der Waals surface area contributed by atoms with Crippen molar-refractivity contribution < 1.29 is 38.4 Å². The number of thioether (sulfide) groups is 1. The van der Waals surface area contributed by atoms with Gasteiger partial charge in [0.25, 0.3) is 0 Å². The van der Waals surface area contributed by atoms with Crippen LogP contribution in [0.15, 0.2) is 0 Å². The summed E-state index contributed by atoms with van der Waals surface area (Å²) in [5.74, 6) is -1.39. The first-order valence-electron chi connectivity index (χ1n) is 12.1. The Bertz CT molecular complexity index is 605. The zero-order chi connectivity index (χ0) is 26.7. The van der Waals surface area contributed by atoms with Crippen LogP contribution in [0.3, 0.4) is 0 Å². The highest BCUT2D eigenvalue weighted by Crippen LogP contribution is 2.27. The number of carboxylic acids is 1. The van der Waals surface area contributed by atoms with Crippen molar-refractivity contribution in [3.63, 3.8) is 0 Å². The first kappa shape index (κ1) is 33.6. The fourth-order valence-corrected chi connectivity index (χ4v) is 3.48. The van der Waals surface area contributed by atoms with Crippen molar-refractivity contribution in [2.75, 3.05) is 59.4 Å². The maximum atomic E-state index is 11.9. The SMILES string of the molecule is CC(C)(C)CCC(=O)NCCOCCOCCOCCOCCC(=O)N[C@@H](SC(C)(C)C)C(=O)O. The normalized spacial score (nSPS) is 12.9. The summed E-state index contributed by atoms with van der Waals surface area (Å²) in [6.45, 7) is 15.6. The molecule has 0 spiro atoms. The molecule has 0 aromatic carbocycles. The van der Waals surface area contributed by atoms with Gasteiger partial charge in [-0.15, -0.1) is 11.8 Å². The van der Waals surface area contributed by atoms with E-state index in [0.717, 1.165) is 6.42 Å². The third kappa shape index (κ3) is 24.1. The second-order valence-corrected chi connectivity index (χ2v) is 12.1. The van der Waals surface area contributed by atoms with Crippen LogP contribution in [0.4, 0.5) is 0 Å². The topological polar surface area (TPSA) is 132 Å². The van der Waals surface area contributed by atoms with E-state index in [-0.39, 0.29) is 35.0 Å². The van der Waals surface area contributed by atoms with Crippen molar-refractivity contribution in [3.8, 4) is 0 Å². The van der Waals surface area contributed by atoms with Crippen LogP contribution >= 0.6 is 11.8 Å². The number of ether oxygens (including phenoxy) is 4. The lowest BCUT2D eigenvalue weighted by atomic mass is 9.90. The number of aliphatic carboxylic acids is 1. The van der Waals surface area contributed by atoms with E-state index in [1.54, 1.807) is 0 Å². The molecule has 0 aliphatic rings. The van der Waals surface area contributed by atoms with Gasteiger partial charge in [-0.05, 0) is 11.8 Å². The third-order valence-corrected chi connectivity index (χ3v) is 5.51. The van der Waals surface area contributed by atoms with Gasteiger partial charge in [-0.25, -0.2) is 4.79 Å². The number of hydrogen-bond acceptors (Lipinski definition) is 8. The smallest absolute Gasteiger partial charge is 0.336 e. The van der Waals surface area contributed by atoms with E-state index < -0.39 is 11.3 Å². The summed E-state index contributed by atoms with van der Waals surface area (Å²) >= 11 is 1.18. The number of nitrogens with one attached hydrogen (secondary N) is 2. The summed E-state index contributed by atoms with van der Waals surface area (Å²) in [6, 6.07) is 0. The highest BCUT2D eigenvalue weighted by Gasteiger charge is 2.26. The number of amides is 2. The van der Waals surface area contributed by atoms with Gasteiger partial charge in [0.1, 0.15) is 0 Å². The lowest BCUT2D eigenvalue weighted by Gasteiger charge is -2.23. The van der Waals surface area contributed by atoms with Gasteiger partial charge in [-0.3, -0.25) is 9.59 Å². The molecule has 0 aromatic heterocycles. The second kappa shape index (κ2) is 18.8. The maximum absolute atomic E-state index is 11.9. The van der Waals surface area contributed by atoms with Crippen LogP contribution < -0.4 is 10.6 Å². The van der Waals surface area contributed by atoms with Crippen LogP contribution in [0.2, 0.25) is 0 Å². The third-order valence-electron chi connectivity index (χ3n) is 4.25. The molecule has 35 heavy (non-hydrogen) atoms. The number of carboxylic acid groups (broad SMARTS) is 1. The molecular formula is C24H46N2O8S. The molecule has 0 saturated heterocycles. The molecule has 10 nitrogen and oxygen atoms in total. The Kier molecular flexibility index (Phi) is 18.1. The summed E-state index contributed by atoms with van der Waals surface area (Å²) in [5.41, 5.74) is 0.153. The van der Waals surface area contributed by atoms with Crippen LogP contribution in [0.25, 0.3) is 0 Å². The van der Waals surface area contributed by atoms with Crippen molar-refractivity contribution >= 4 is 29.5 Å². The predicted molar refractivity (Wildman–Crippen MR) is 137 cm³/mol. The van der Waals surface area contributed by atoms with E-state index in [1.165, 1.54) is 11.8 Å². The average Bonchev–Trinajstić information content (AvgIpc) is 2.73. The molecule has 0 unspecified atom stereocenters. The van der Waals surface area contributed by atoms with Crippen LogP contribution in [0.5, 0.6) is 0 Å². The number of rotatable bonds is 20. The molecule has 2 amide bonds. The van der Waals surface area contributed by atoms with Crippen molar-refractivity contribution in [2.24, 2.45) is 5.41 Å². The standard InChI is InChI=1S/C24H46N2O8S/c1-23(2,3)9-7-19(27)25-10-12-32-14-16-34-18-17-33-15-13-31-11-8-20(28)26-21(22(29)30)35-24(4,5)6/h21H,7-18H2,1-6H3,(H,25,27)(H,26,28)(H,29,30)/t21-/m0/s1. The van der Waals surface area contributed by atoms with Gasteiger partial charge in [0.05, 0.1) is 59.3 Å². The molecule has 0 radical (unpaired) electrons. The van der Waals surface area contributed by atoms with Crippen molar-refractivity contribution in [1.82, 2.24) is 10.6 Å². The molecule has 11 heteroatoms. The van der Waals surface area contributed by atoms with Crippen LogP contribution in [0.1, 0.15) is 60.8 Å². The minimum absolute atomic E-state index is 0.0474. The Balaban J connectivity index is 3.49. The number of carbonyl (C=O) groups excluding carboxylic acids is 2.